The molecule has 0 bridgehead atoms. The summed E-state index contributed by atoms with van der Waals surface area (Å²) in [6, 6.07) is 20.9. The molecule has 1 aliphatic rings. The van der Waals surface area contributed by atoms with Crippen LogP contribution in [0.5, 0.6) is 0 Å². The maximum atomic E-state index is 13.6. The zero-order valence-corrected chi connectivity index (χ0v) is 20.8. The van der Waals surface area contributed by atoms with E-state index in [1.165, 1.54) is 4.57 Å². The number of hydrogen-bond donors (Lipinski definition) is 1. The first kappa shape index (κ1) is 23.8. The number of amides is 1. The molecule has 0 unspecified atom stereocenters. The Morgan fingerprint density at radius 2 is 1.61 bits per heavy atom. The zero-order chi connectivity index (χ0) is 25.2. The number of carbonyl (C=O) groups is 1. The largest absolute Gasteiger partial charge is 0.349 e. The molecular formula is C30H31N3O3. The fraction of sp³-hybridized carbons (Fsp3) is 0.300. The Hall–Kier alpha value is -3.93. The zero-order valence-electron chi connectivity index (χ0n) is 20.8. The number of fused-ring (bicyclic) bond motifs is 1. The first-order valence-corrected chi connectivity index (χ1v) is 12.6. The second-order valence-corrected chi connectivity index (χ2v) is 9.86. The lowest BCUT2D eigenvalue weighted by atomic mass is 10.1. The Balaban J connectivity index is 1.48. The average molecular weight is 482 g/mol. The lowest BCUT2D eigenvalue weighted by Gasteiger charge is -2.16. The first-order valence-electron chi connectivity index (χ1n) is 12.6. The minimum absolute atomic E-state index is 0.0767. The molecule has 0 saturated heterocycles. The molecule has 1 N–H and O–H groups in total. The maximum absolute atomic E-state index is 13.6. The molecule has 5 rings (SSSR count). The Labute approximate surface area is 210 Å². The Morgan fingerprint density at radius 1 is 0.889 bits per heavy atom. The molecule has 184 valence electrons. The Morgan fingerprint density at radius 3 is 2.36 bits per heavy atom. The smallest absolute Gasteiger partial charge is 0.332 e. The van der Waals surface area contributed by atoms with Crippen molar-refractivity contribution in [1.29, 1.82) is 0 Å². The molecule has 0 atom stereocenters. The molecule has 1 fully saturated rings. The summed E-state index contributed by atoms with van der Waals surface area (Å²) >= 11 is 0. The highest BCUT2D eigenvalue weighted by Crippen LogP contribution is 2.19. The van der Waals surface area contributed by atoms with E-state index in [1.54, 1.807) is 22.8 Å². The number of para-hydroxylation sites is 1. The van der Waals surface area contributed by atoms with Gasteiger partial charge in [-0.1, -0.05) is 60.9 Å². The fourth-order valence-electron chi connectivity index (χ4n) is 5.09. The maximum Gasteiger partial charge on any atom is 0.332 e. The van der Waals surface area contributed by atoms with Crippen LogP contribution < -0.4 is 16.6 Å². The minimum atomic E-state index is -0.345. The summed E-state index contributed by atoms with van der Waals surface area (Å²) in [5, 5.41) is 3.60. The van der Waals surface area contributed by atoms with Crippen molar-refractivity contribution in [2.45, 2.75) is 58.7 Å². The topological polar surface area (TPSA) is 73.1 Å². The third-order valence-electron chi connectivity index (χ3n) is 7.21. The molecule has 3 aromatic carbocycles. The van der Waals surface area contributed by atoms with Crippen LogP contribution in [-0.4, -0.2) is 21.1 Å². The van der Waals surface area contributed by atoms with Gasteiger partial charge >= 0.3 is 5.69 Å². The van der Waals surface area contributed by atoms with E-state index in [0.29, 0.717) is 23.0 Å². The second kappa shape index (κ2) is 9.97. The molecule has 1 heterocycles. The Bertz CT molecular complexity index is 1540. The van der Waals surface area contributed by atoms with Crippen LogP contribution in [0, 0.1) is 13.8 Å². The molecule has 6 heteroatoms. The van der Waals surface area contributed by atoms with Gasteiger partial charge in [0.15, 0.2) is 0 Å². The van der Waals surface area contributed by atoms with Gasteiger partial charge in [0, 0.05) is 11.6 Å². The highest BCUT2D eigenvalue weighted by Gasteiger charge is 2.18. The molecule has 4 aromatic rings. The van der Waals surface area contributed by atoms with Gasteiger partial charge < -0.3 is 5.32 Å². The monoisotopic (exact) mass is 481 g/mol. The van der Waals surface area contributed by atoms with Crippen molar-refractivity contribution in [1.82, 2.24) is 14.5 Å². The van der Waals surface area contributed by atoms with Crippen LogP contribution in [0.1, 0.15) is 58.3 Å². The van der Waals surface area contributed by atoms with Gasteiger partial charge in [-0.3, -0.25) is 18.7 Å². The van der Waals surface area contributed by atoms with Crippen LogP contribution in [0.15, 0.2) is 76.3 Å². The molecule has 0 spiro atoms. The predicted molar refractivity (Wildman–Crippen MR) is 143 cm³/mol. The van der Waals surface area contributed by atoms with Crippen molar-refractivity contribution >= 4 is 16.8 Å². The van der Waals surface area contributed by atoms with Crippen molar-refractivity contribution in [3.05, 3.63) is 115 Å². The van der Waals surface area contributed by atoms with Crippen LogP contribution in [0.4, 0.5) is 0 Å². The van der Waals surface area contributed by atoms with E-state index in [1.807, 2.05) is 44.2 Å². The number of aromatic nitrogens is 2. The van der Waals surface area contributed by atoms with Crippen LogP contribution in [0.25, 0.3) is 10.9 Å². The summed E-state index contributed by atoms with van der Waals surface area (Å²) < 4.78 is 2.98. The Kier molecular flexibility index (Phi) is 6.59. The van der Waals surface area contributed by atoms with Crippen molar-refractivity contribution in [2.24, 2.45) is 0 Å². The summed E-state index contributed by atoms with van der Waals surface area (Å²) in [7, 11) is 0. The van der Waals surface area contributed by atoms with Gasteiger partial charge in [0.2, 0.25) is 0 Å². The quantitative estimate of drug-likeness (QED) is 0.439. The molecule has 1 aromatic heterocycles. The predicted octanol–water partition coefficient (Wildman–Crippen LogP) is 4.55. The van der Waals surface area contributed by atoms with Gasteiger partial charge in [-0.25, -0.2) is 4.79 Å². The molecular weight excluding hydrogens is 450 g/mol. The van der Waals surface area contributed by atoms with Crippen molar-refractivity contribution in [3.63, 3.8) is 0 Å². The van der Waals surface area contributed by atoms with Crippen LogP contribution in [-0.2, 0) is 13.1 Å². The van der Waals surface area contributed by atoms with E-state index < -0.39 is 0 Å². The van der Waals surface area contributed by atoms with Crippen molar-refractivity contribution in [2.75, 3.05) is 0 Å². The summed E-state index contributed by atoms with van der Waals surface area (Å²) in [6.45, 7) is 4.58. The highest BCUT2D eigenvalue weighted by atomic mass is 16.2. The van der Waals surface area contributed by atoms with Crippen molar-refractivity contribution in [3.8, 4) is 0 Å². The number of hydrogen-bond acceptors (Lipinski definition) is 3. The molecule has 1 aliphatic carbocycles. The number of nitrogens with zero attached hydrogens (tertiary/aromatic N) is 2. The lowest BCUT2D eigenvalue weighted by molar-refractivity contribution is 0.0938. The molecule has 0 radical (unpaired) electrons. The lowest BCUT2D eigenvalue weighted by Crippen LogP contribution is -2.40. The minimum Gasteiger partial charge on any atom is -0.349 e. The molecule has 6 nitrogen and oxygen atoms in total. The summed E-state index contributed by atoms with van der Waals surface area (Å²) in [5.74, 6) is -0.0767. The number of aryl methyl sites for hydroxylation is 2. The number of benzene rings is 3. The fourth-order valence-corrected chi connectivity index (χ4v) is 5.09. The molecule has 1 amide bonds. The number of carbonyl (C=O) groups excluding carboxylic acids is 1. The van der Waals surface area contributed by atoms with Crippen LogP contribution >= 0.6 is 0 Å². The van der Waals surface area contributed by atoms with Gasteiger partial charge in [-0.2, -0.15) is 0 Å². The third-order valence-corrected chi connectivity index (χ3v) is 7.21. The molecule has 0 aliphatic heterocycles. The summed E-state index contributed by atoms with van der Waals surface area (Å²) in [4.78, 5) is 39.5. The molecule has 36 heavy (non-hydrogen) atoms. The first-order chi connectivity index (χ1) is 17.4. The van der Waals surface area contributed by atoms with E-state index in [0.717, 1.165) is 47.9 Å². The second-order valence-electron chi connectivity index (χ2n) is 9.86. The van der Waals surface area contributed by atoms with Gasteiger partial charge in [0.1, 0.15) is 0 Å². The van der Waals surface area contributed by atoms with E-state index in [4.69, 9.17) is 0 Å². The average Bonchev–Trinajstić information content (AvgIpc) is 3.40. The van der Waals surface area contributed by atoms with E-state index in [-0.39, 0.29) is 29.7 Å². The van der Waals surface area contributed by atoms with Crippen LogP contribution in [0.2, 0.25) is 0 Å². The van der Waals surface area contributed by atoms with Crippen molar-refractivity contribution < 1.29 is 4.79 Å². The normalized spacial score (nSPS) is 13.8. The van der Waals surface area contributed by atoms with E-state index >= 15 is 0 Å². The summed E-state index contributed by atoms with van der Waals surface area (Å²) in [6.07, 6.45) is 4.38. The van der Waals surface area contributed by atoms with Crippen LogP contribution in [0.3, 0.4) is 0 Å². The standard InChI is InChI=1S/C30H31N3O3/c1-20-11-12-21(2)24(17-20)19-32-27-10-6-5-9-26(27)29(35)33(30(32)36)18-22-13-15-23(16-14-22)28(34)31-25-7-3-4-8-25/h5-6,9-17,25H,3-4,7-8,18-19H2,1-2H3,(H,31,34). The van der Waals surface area contributed by atoms with E-state index in [9.17, 15) is 14.4 Å². The summed E-state index contributed by atoms with van der Waals surface area (Å²) in [5.41, 5.74) is 4.62. The number of rotatable bonds is 6. The van der Waals surface area contributed by atoms with Gasteiger partial charge in [0.05, 0.1) is 24.0 Å². The highest BCUT2D eigenvalue weighted by molar-refractivity contribution is 5.94. The van der Waals surface area contributed by atoms with Gasteiger partial charge in [0.25, 0.3) is 11.5 Å². The number of nitrogens with one attached hydrogen (secondary N) is 1. The third kappa shape index (κ3) is 4.76. The van der Waals surface area contributed by atoms with Gasteiger partial charge in [-0.15, -0.1) is 0 Å². The SMILES string of the molecule is Cc1ccc(C)c(Cn2c(=O)n(Cc3ccc(C(=O)NC4CCCC4)cc3)c(=O)c3ccccc32)c1. The van der Waals surface area contributed by atoms with E-state index in [2.05, 4.69) is 23.5 Å². The molecule has 1 saturated carbocycles. The van der Waals surface area contributed by atoms with Gasteiger partial charge in [-0.05, 0) is 67.6 Å².